The van der Waals surface area contributed by atoms with Crippen molar-refractivity contribution < 1.29 is 22.4 Å². The van der Waals surface area contributed by atoms with Crippen molar-refractivity contribution in [2.24, 2.45) is 0 Å². The first-order valence-corrected chi connectivity index (χ1v) is 5.11. The molecule has 0 bridgehead atoms. The highest BCUT2D eigenvalue weighted by atomic mass is 19.4. The Labute approximate surface area is 101 Å². The molecule has 100 valence electrons. The van der Waals surface area contributed by atoms with E-state index in [4.69, 9.17) is 0 Å². The average Bonchev–Trinajstić information content (AvgIpc) is 2.24. The maximum atomic E-state index is 12.8. The third-order valence-corrected chi connectivity index (χ3v) is 2.11. The quantitative estimate of drug-likeness (QED) is 0.819. The Balaban J connectivity index is 2.43. The van der Waals surface area contributed by atoms with Crippen LogP contribution in [-0.2, 0) is 4.79 Å². The summed E-state index contributed by atoms with van der Waals surface area (Å²) in [5.41, 5.74) is 1.07. The van der Waals surface area contributed by atoms with Crippen molar-refractivity contribution >= 4 is 11.6 Å². The molecule has 2 N–H and O–H groups in total. The van der Waals surface area contributed by atoms with E-state index in [2.05, 4.69) is 5.32 Å². The third kappa shape index (κ3) is 5.03. The van der Waals surface area contributed by atoms with Gasteiger partial charge in [0.05, 0.1) is 6.54 Å². The Morgan fingerprint density at radius 1 is 1.33 bits per heavy atom. The Hall–Kier alpha value is -1.79. The van der Waals surface area contributed by atoms with Crippen molar-refractivity contribution in [2.45, 2.75) is 13.1 Å². The van der Waals surface area contributed by atoms with E-state index in [1.807, 2.05) is 0 Å². The second-order valence-corrected chi connectivity index (χ2v) is 3.70. The molecule has 0 spiro atoms. The van der Waals surface area contributed by atoms with Crippen LogP contribution in [-0.4, -0.2) is 25.2 Å². The number of hydrogen-bond acceptors (Lipinski definition) is 2. The van der Waals surface area contributed by atoms with Crippen LogP contribution in [0.3, 0.4) is 0 Å². The molecule has 0 heterocycles. The molecule has 0 saturated carbocycles. The van der Waals surface area contributed by atoms with Crippen LogP contribution < -0.4 is 10.6 Å². The molecule has 0 aliphatic carbocycles. The highest BCUT2D eigenvalue weighted by Crippen LogP contribution is 2.15. The summed E-state index contributed by atoms with van der Waals surface area (Å²) in [6.07, 6.45) is -4.43. The summed E-state index contributed by atoms with van der Waals surface area (Å²) in [6, 6.07) is 3.88. The summed E-state index contributed by atoms with van der Waals surface area (Å²) in [5.74, 6) is -1.20. The third-order valence-electron chi connectivity index (χ3n) is 2.11. The molecule has 1 aromatic carbocycles. The number of hydrogen-bond donors (Lipinski definition) is 2. The Kier molecular flexibility index (Phi) is 4.52. The summed E-state index contributed by atoms with van der Waals surface area (Å²) in [7, 11) is 0. The largest absolute Gasteiger partial charge is 0.405 e. The van der Waals surface area contributed by atoms with Gasteiger partial charge in [0, 0.05) is 5.69 Å². The molecule has 0 aromatic heterocycles. The Morgan fingerprint density at radius 2 is 2.00 bits per heavy atom. The fraction of sp³-hybridized carbons (Fsp3) is 0.364. The van der Waals surface area contributed by atoms with Crippen molar-refractivity contribution in [3.63, 3.8) is 0 Å². The van der Waals surface area contributed by atoms with Gasteiger partial charge in [0.2, 0.25) is 5.91 Å². The lowest BCUT2D eigenvalue weighted by atomic mass is 10.2. The summed E-state index contributed by atoms with van der Waals surface area (Å²) in [4.78, 5) is 11.1. The van der Waals surface area contributed by atoms with Crippen LogP contribution in [0.15, 0.2) is 18.2 Å². The molecule has 0 aliphatic heterocycles. The van der Waals surface area contributed by atoms with Crippen LogP contribution in [0, 0.1) is 12.7 Å². The minimum atomic E-state index is -4.43. The van der Waals surface area contributed by atoms with E-state index in [0.717, 1.165) is 0 Å². The first-order valence-electron chi connectivity index (χ1n) is 5.11. The molecule has 1 rings (SSSR count). The predicted molar refractivity (Wildman–Crippen MR) is 58.7 cm³/mol. The minimum absolute atomic E-state index is 0.303. The van der Waals surface area contributed by atoms with Gasteiger partial charge in [-0.05, 0) is 30.7 Å². The van der Waals surface area contributed by atoms with Gasteiger partial charge in [-0.15, -0.1) is 0 Å². The maximum absolute atomic E-state index is 12.8. The molecule has 7 heteroatoms. The molecule has 1 amide bonds. The van der Waals surface area contributed by atoms with Crippen molar-refractivity contribution in [1.29, 1.82) is 0 Å². The smallest absolute Gasteiger partial charge is 0.376 e. The fourth-order valence-corrected chi connectivity index (χ4v) is 1.26. The lowest BCUT2D eigenvalue weighted by Gasteiger charge is -2.11. The van der Waals surface area contributed by atoms with E-state index < -0.39 is 24.4 Å². The second-order valence-electron chi connectivity index (χ2n) is 3.70. The number of amides is 1. The molecule has 0 aliphatic rings. The van der Waals surface area contributed by atoms with Crippen molar-refractivity contribution in [3.8, 4) is 0 Å². The number of carbonyl (C=O) groups excluding carboxylic acids is 1. The molecule has 1 aromatic rings. The molecular formula is C11H12F4N2O. The number of nitrogens with one attached hydrogen (secondary N) is 2. The first-order chi connectivity index (χ1) is 8.28. The number of alkyl halides is 3. The van der Waals surface area contributed by atoms with E-state index in [1.165, 1.54) is 18.2 Å². The lowest BCUT2D eigenvalue weighted by Crippen LogP contribution is -2.37. The monoisotopic (exact) mass is 264 g/mol. The Bertz CT molecular complexity index is 432. The van der Waals surface area contributed by atoms with Gasteiger partial charge in [-0.3, -0.25) is 4.79 Å². The second kappa shape index (κ2) is 5.70. The SMILES string of the molecule is Cc1cc(F)ccc1NCC(=O)NCC(F)(F)F. The van der Waals surface area contributed by atoms with Crippen molar-refractivity contribution in [2.75, 3.05) is 18.4 Å². The van der Waals surface area contributed by atoms with E-state index >= 15 is 0 Å². The summed E-state index contributed by atoms with van der Waals surface area (Å²) in [5, 5.41) is 4.35. The molecule has 0 saturated heterocycles. The highest BCUT2D eigenvalue weighted by Gasteiger charge is 2.27. The molecule has 0 atom stereocenters. The normalized spacial score (nSPS) is 11.2. The van der Waals surface area contributed by atoms with E-state index in [0.29, 0.717) is 11.3 Å². The molecule has 3 nitrogen and oxygen atoms in total. The summed E-state index contributed by atoms with van der Waals surface area (Å²) < 4.78 is 48.2. The topological polar surface area (TPSA) is 41.1 Å². The Morgan fingerprint density at radius 3 is 2.56 bits per heavy atom. The van der Waals surface area contributed by atoms with Gasteiger partial charge in [-0.1, -0.05) is 0 Å². The molecular weight excluding hydrogens is 252 g/mol. The number of benzene rings is 1. The predicted octanol–water partition coefficient (Wildman–Crippen LogP) is 2.22. The molecule has 0 fully saturated rings. The molecule has 18 heavy (non-hydrogen) atoms. The van der Waals surface area contributed by atoms with Crippen LogP contribution in [0.1, 0.15) is 5.56 Å². The zero-order valence-electron chi connectivity index (χ0n) is 9.57. The zero-order valence-corrected chi connectivity index (χ0v) is 9.57. The fourth-order valence-electron chi connectivity index (χ4n) is 1.26. The van der Waals surface area contributed by atoms with Crippen LogP contribution in [0.2, 0.25) is 0 Å². The number of anilines is 1. The van der Waals surface area contributed by atoms with Crippen LogP contribution in [0.5, 0.6) is 0 Å². The zero-order chi connectivity index (χ0) is 13.8. The number of carbonyl (C=O) groups is 1. The van der Waals surface area contributed by atoms with E-state index in [-0.39, 0.29) is 6.54 Å². The van der Waals surface area contributed by atoms with Crippen molar-refractivity contribution in [1.82, 2.24) is 5.32 Å². The number of rotatable bonds is 4. The lowest BCUT2D eigenvalue weighted by molar-refractivity contribution is -0.137. The van der Waals surface area contributed by atoms with Gasteiger partial charge in [0.25, 0.3) is 0 Å². The van der Waals surface area contributed by atoms with Gasteiger partial charge in [0.15, 0.2) is 0 Å². The molecule has 0 radical (unpaired) electrons. The first kappa shape index (κ1) is 14.3. The highest BCUT2D eigenvalue weighted by molar-refractivity contribution is 5.80. The standard InChI is InChI=1S/C11H12F4N2O/c1-7-4-8(12)2-3-9(7)16-5-10(18)17-6-11(13,14)15/h2-4,16H,5-6H2,1H3,(H,17,18). The van der Waals surface area contributed by atoms with Gasteiger partial charge < -0.3 is 10.6 Å². The maximum Gasteiger partial charge on any atom is 0.405 e. The van der Waals surface area contributed by atoms with Gasteiger partial charge in [0.1, 0.15) is 12.4 Å². The van der Waals surface area contributed by atoms with Crippen LogP contribution in [0.25, 0.3) is 0 Å². The summed E-state index contributed by atoms with van der Waals surface area (Å²) >= 11 is 0. The number of halogens is 4. The van der Waals surface area contributed by atoms with Crippen LogP contribution >= 0.6 is 0 Å². The minimum Gasteiger partial charge on any atom is -0.376 e. The number of aryl methyl sites for hydroxylation is 1. The van der Waals surface area contributed by atoms with Crippen LogP contribution in [0.4, 0.5) is 23.2 Å². The molecule has 0 unspecified atom stereocenters. The van der Waals surface area contributed by atoms with Gasteiger partial charge >= 0.3 is 6.18 Å². The van der Waals surface area contributed by atoms with Gasteiger partial charge in [-0.25, -0.2) is 4.39 Å². The van der Waals surface area contributed by atoms with E-state index in [1.54, 1.807) is 12.2 Å². The summed E-state index contributed by atoms with van der Waals surface area (Å²) in [6.45, 7) is -0.0441. The van der Waals surface area contributed by atoms with E-state index in [9.17, 15) is 22.4 Å². The average molecular weight is 264 g/mol. The van der Waals surface area contributed by atoms with Gasteiger partial charge in [-0.2, -0.15) is 13.2 Å². The van der Waals surface area contributed by atoms with Crippen molar-refractivity contribution in [3.05, 3.63) is 29.6 Å².